The molecule has 20 nitrogen and oxygen atoms in total. The summed E-state index contributed by atoms with van der Waals surface area (Å²) in [4.78, 5) is 68.4. The van der Waals surface area contributed by atoms with Crippen molar-refractivity contribution in [1.29, 1.82) is 0 Å². The fourth-order valence-electron chi connectivity index (χ4n) is 4.16. The van der Waals surface area contributed by atoms with Crippen molar-refractivity contribution in [3.63, 3.8) is 0 Å². The van der Waals surface area contributed by atoms with Gasteiger partial charge in [0, 0.05) is 26.1 Å². The Bertz CT molecular complexity index is 1340. The summed E-state index contributed by atoms with van der Waals surface area (Å²) in [7, 11) is -11.1. The topological polar surface area (TPSA) is 294 Å². The number of phosphoric acid groups is 2. The second-order valence-corrected chi connectivity index (χ2v) is 12.1. The molecule has 0 radical (unpaired) electrons. The van der Waals surface area contributed by atoms with Gasteiger partial charge >= 0.3 is 21.3 Å². The van der Waals surface area contributed by atoms with Gasteiger partial charge < -0.3 is 45.2 Å². The fourth-order valence-corrected chi connectivity index (χ4v) is 6.32. The molecule has 0 aliphatic carbocycles. The second kappa shape index (κ2) is 12.9. The van der Waals surface area contributed by atoms with E-state index in [0.717, 1.165) is 30.7 Å². The van der Waals surface area contributed by atoms with Crippen molar-refractivity contribution in [2.45, 2.75) is 75.9 Å². The highest BCUT2D eigenvalue weighted by atomic mass is 31.3. The number of hydrogen-bond acceptors (Lipinski definition) is 14. The monoisotopic (exact) mass is 632 g/mol. The molecule has 2 aliphatic heterocycles. The normalized spacial score (nSPS) is 34.8. The van der Waals surface area contributed by atoms with Gasteiger partial charge in [0.1, 0.15) is 30.5 Å². The van der Waals surface area contributed by atoms with Crippen LogP contribution >= 0.6 is 15.6 Å². The van der Waals surface area contributed by atoms with Crippen LogP contribution in [0.3, 0.4) is 0 Å². The quantitative estimate of drug-likeness (QED) is 0.116. The molecule has 11 atom stereocenters. The van der Waals surface area contributed by atoms with E-state index in [0.29, 0.717) is 0 Å². The van der Waals surface area contributed by atoms with E-state index >= 15 is 0 Å². The van der Waals surface area contributed by atoms with E-state index in [1.54, 1.807) is 0 Å². The molecule has 8 N–H and O–H groups in total. The van der Waals surface area contributed by atoms with Crippen LogP contribution in [0.1, 0.15) is 27.0 Å². The molecule has 0 bridgehead atoms. The van der Waals surface area contributed by atoms with Gasteiger partial charge in [0.2, 0.25) is 11.8 Å². The van der Waals surface area contributed by atoms with Crippen LogP contribution in [0.15, 0.2) is 21.9 Å². The van der Waals surface area contributed by atoms with Gasteiger partial charge in [-0.3, -0.25) is 33.0 Å². The number of nitrogens with zero attached hydrogens (tertiary/aromatic N) is 1. The predicted octanol–water partition coefficient (Wildman–Crippen LogP) is -3.48. The highest BCUT2D eigenvalue weighted by Gasteiger charge is 2.50. The number of aliphatic hydroxyl groups excluding tert-OH is 3. The van der Waals surface area contributed by atoms with Gasteiger partial charge in [-0.15, -0.1) is 0 Å². The molecule has 1 aromatic rings. The summed E-state index contributed by atoms with van der Waals surface area (Å²) >= 11 is 0. The lowest BCUT2D eigenvalue weighted by molar-refractivity contribution is -0.208. The Morgan fingerprint density at radius 2 is 1.61 bits per heavy atom. The summed E-state index contributed by atoms with van der Waals surface area (Å²) < 4.78 is 50.1. The zero-order valence-corrected chi connectivity index (χ0v) is 23.4. The molecule has 0 saturated carbocycles. The minimum absolute atomic E-state index is 0.555. The Balaban J connectivity index is 1.66. The number of aromatic nitrogens is 2. The molecule has 41 heavy (non-hydrogen) atoms. The van der Waals surface area contributed by atoms with E-state index in [2.05, 4.69) is 19.5 Å². The fraction of sp³-hybridized carbons (Fsp3) is 0.684. The summed E-state index contributed by atoms with van der Waals surface area (Å²) in [5.74, 6) is -1.28. The number of aliphatic hydroxyl groups is 3. The number of rotatable bonds is 10. The number of hydrogen-bond donors (Lipinski definition) is 8. The van der Waals surface area contributed by atoms with Crippen molar-refractivity contribution in [1.82, 2.24) is 20.2 Å². The average Bonchev–Trinajstić information content (AvgIpc) is 3.10. The van der Waals surface area contributed by atoms with E-state index in [1.807, 2.05) is 4.98 Å². The Hall–Kier alpha value is -2.32. The standard InChI is InChI=1S/C19H30N4O16P2/c1-7-12(20-8(2)24)15(28)13(21-9(3)25)18(36-7)38-41(33,34)39-40(31,32)35-6-10-14(27)16(29)17(37-10)23-5-4-11(26)22-19(23)30/h4-5,7,10,12-18,27-29H,6H2,1-3H3,(H,20,24)(H,21,25)(H,31,32)(H,33,34)(H,22,26,30)/t7-,10+,12+,13-,14+,15-,16+,17+,18+/m0/s1. The summed E-state index contributed by atoms with van der Waals surface area (Å²) in [6.07, 6.45) is -10.3. The Morgan fingerprint density at radius 1 is 1.00 bits per heavy atom. The first-order valence-corrected chi connectivity index (χ1v) is 14.8. The van der Waals surface area contributed by atoms with Crippen molar-refractivity contribution >= 4 is 27.5 Å². The first kappa shape index (κ1) is 33.2. The van der Waals surface area contributed by atoms with Crippen molar-refractivity contribution in [3.05, 3.63) is 33.1 Å². The molecular formula is C19H30N4O16P2. The van der Waals surface area contributed by atoms with E-state index in [-0.39, 0.29) is 0 Å². The maximum atomic E-state index is 12.6. The molecule has 2 unspecified atom stereocenters. The third kappa shape index (κ3) is 8.38. The zero-order chi connectivity index (χ0) is 30.9. The van der Waals surface area contributed by atoms with Crippen LogP contribution in [0.2, 0.25) is 0 Å². The van der Waals surface area contributed by atoms with Crippen molar-refractivity contribution in [3.8, 4) is 0 Å². The predicted molar refractivity (Wildman–Crippen MR) is 131 cm³/mol. The summed E-state index contributed by atoms with van der Waals surface area (Å²) in [5, 5.41) is 35.7. The minimum Gasteiger partial charge on any atom is -0.389 e. The van der Waals surface area contributed by atoms with Crippen molar-refractivity contribution in [2.75, 3.05) is 6.61 Å². The second-order valence-electron chi connectivity index (χ2n) is 9.14. The molecule has 3 rings (SSSR count). The lowest BCUT2D eigenvalue weighted by atomic mass is 9.95. The smallest absolute Gasteiger partial charge is 0.389 e. The number of ether oxygens (including phenoxy) is 2. The molecular weight excluding hydrogens is 602 g/mol. The number of H-pyrrole nitrogens is 1. The molecule has 2 amide bonds. The van der Waals surface area contributed by atoms with Crippen LogP contribution in [-0.2, 0) is 41.6 Å². The maximum Gasteiger partial charge on any atom is 0.483 e. The van der Waals surface area contributed by atoms with Gasteiger partial charge in [-0.1, -0.05) is 0 Å². The number of carbonyl (C=O) groups is 2. The molecule has 2 saturated heterocycles. The first-order valence-electron chi connectivity index (χ1n) is 11.8. The number of aromatic amines is 1. The third-order valence-corrected chi connectivity index (χ3v) is 8.53. The van der Waals surface area contributed by atoms with Crippen LogP contribution in [0.4, 0.5) is 0 Å². The number of nitrogens with one attached hydrogen (secondary N) is 3. The molecule has 232 valence electrons. The molecule has 22 heteroatoms. The summed E-state index contributed by atoms with van der Waals surface area (Å²) in [6.45, 7) is 2.56. The Kier molecular flexibility index (Phi) is 10.4. The van der Waals surface area contributed by atoms with E-state index in [4.69, 9.17) is 14.0 Å². The maximum absolute atomic E-state index is 12.6. The highest BCUT2D eigenvalue weighted by molar-refractivity contribution is 7.61. The summed E-state index contributed by atoms with van der Waals surface area (Å²) in [5.41, 5.74) is -1.73. The van der Waals surface area contributed by atoms with Crippen LogP contribution in [0.5, 0.6) is 0 Å². The van der Waals surface area contributed by atoms with Gasteiger partial charge in [-0.2, -0.15) is 4.31 Å². The molecule has 3 heterocycles. The molecule has 0 aromatic carbocycles. The third-order valence-electron chi connectivity index (χ3n) is 5.93. The van der Waals surface area contributed by atoms with Crippen LogP contribution < -0.4 is 21.9 Å². The van der Waals surface area contributed by atoms with E-state index in [9.17, 15) is 53.4 Å². The zero-order valence-electron chi connectivity index (χ0n) is 21.6. The number of amides is 2. The average molecular weight is 632 g/mol. The largest absolute Gasteiger partial charge is 0.483 e. The first-order chi connectivity index (χ1) is 18.9. The molecule has 0 spiro atoms. The lowest BCUT2D eigenvalue weighted by Gasteiger charge is -2.43. The van der Waals surface area contributed by atoms with Gasteiger partial charge in [-0.05, 0) is 6.92 Å². The van der Waals surface area contributed by atoms with Gasteiger partial charge in [-0.25, -0.2) is 13.9 Å². The molecule has 2 aliphatic rings. The van der Waals surface area contributed by atoms with Crippen molar-refractivity contribution in [2.24, 2.45) is 0 Å². The van der Waals surface area contributed by atoms with Gasteiger partial charge in [0.25, 0.3) is 5.56 Å². The summed E-state index contributed by atoms with van der Waals surface area (Å²) in [6, 6.07) is -1.70. The number of phosphoric ester groups is 2. The van der Waals surface area contributed by atoms with E-state index < -0.39 is 100 Å². The van der Waals surface area contributed by atoms with Crippen molar-refractivity contribution < 1.29 is 66.7 Å². The van der Waals surface area contributed by atoms with Crippen LogP contribution in [0.25, 0.3) is 0 Å². The Morgan fingerprint density at radius 3 is 2.20 bits per heavy atom. The minimum atomic E-state index is -5.57. The number of carbonyl (C=O) groups excluding carboxylic acids is 2. The molecule has 2 fully saturated rings. The van der Waals surface area contributed by atoms with E-state index in [1.165, 1.54) is 6.92 Å². The lowest BCUT2D eigenvalue weighted by Crippen LogP contribution is -2.67. The SMILES string of the molecule is CC(=O)N[C@@H]1[C@@H](OP(=O)(O)OP(=O)(O)OC[C@H]2O[C@@H](n3ccc(=O)[nH]c3=O)[C@H](O)[C@@H]2O)O[C@@H](C)[C@@H](NC(C)=O)[C@@H]1O. The van der Waals surface area contributed by atoms with Crippen LogP contribution in [-0.4, -0.2) is 102 Å². The van der Waals surface area contributed by atoms with Gasteiger partial charge in [0.15, 0.2) is 12.5 Å². The Labute approximate surface area is 230 Å². The van der Waals surface area contributed by atoms with Crippen LogP contribution in [0, 0.1) is 0 Å². The highest BCUT2D eigenvalue weighted by Crippen LogP contribution is 2.61. The van der Waals surface area contributed by atoms with Gasteiger partial charge in [0.05, 0.1) is 18.8 Å². The molecule has 1 aromatic heterocycles.